The molecule has 3 aromatic rings. The van der Waals surface area contributed by atoms with Crippen LogP contribution in [0, 0.1) is 19.8 Å². The summed E-state index contributed by atoms with van der Waals surface area (Å²) in [6, 6.07) is 9.88. The van der Waals surface area contributed by atoms with Gasteiger partial charge in [-0.3, -0.25) is 9.59 Å². The minimum Gasteiger partial charge on any atom is -0.452 e. The van der Waals surface area contributed by atoms with Gasteiger partial charge in [0.05, 0.1) is 22.5 Å². The molecule has 0 unspecified atom stereocenters. The highest BCUT2D eigenvalue weighted by Gasteiger charge is 2.19. The van der Waals surface area contributed by atoms with Gasteiger partial charge in [-0.05, 0) is 44.0 Å². The van der Waals surface area contributed by atoms with Crippen LogP contribution in [0.1, 0.15) is 51.6 Å². The van der Waals surface area contributed by atoms with Crippen LogP contribution in [0.4, 0.5) is 5.69 Å². The van der Waals surface area contributed by atoms with Crippen LogP contribution in [0.15, 0.2) is 52.1 Å². The molecular weight excluding hydrogens is 468 g/mol. The van der Waals surface area contributed by atoms with E-state index in [-0.39, 0.29) is 11.5 Å². The summed E-state index contributed by atoms with van der Waals surface area (Å²) in [4.78, 5) is 41.9. The lowest BCUT2D eigenvalue weighted by Gasteiger charge is -2.13. The van der Waals surface area contributed by atoms with Gasteiger partial charge in [-0.2, -0.15) is 0 Å². The molecule has 0 spiro atoms. The van der Waals surface area contributed by atoms with Gasteiger partial charge in [-0.15, -0.1) is 11.8 Å². The van der Waals surface area contributed by atoms with Gasteiger partial charge >= 0.3 is 5.97 Å². The van der Waals surface area contributed by atoms with Crippen molar-refractivity contribution >= 4 is 35.2 Å². The van der Waals surface area contributed by atoms with E-state index in [0.717, 1.165) is 11.3 Å². The Kier molecular flexibility index (Phi) is 9.02. The molecule has 184 valence electrons. The number of aryl methyl sites for hydroxylation is 2. The minimum absolute atomic E-state index is 0.255. The predicted octanol–water partition coefficient (Wildman–Crippen LogP) is 4.16. The summed E-state index contributed by atoms with van der Waals surface area (Å²) in [7, 11) is 0. The number of hydrogen-bond donors (Lipinski definition) is 2. The lowest BCUT2D eigenvalue weighted by atomic mass is 10.1. The fraction of sp³-hybridized carbons (Fsp3) is 0.320. The molecule has 2 amide bonds. The number of esters is 1. The molecular formula is C25H28N4O5S. The van der Waals surface area contributed by atoms with Crippen LogP contribution in [0.2, 0.25) is 0 Å². The van der Waals surface area contributed by atoms with E-state index < -0.39 is 18.5 Å². The zero-order chi connectivity index (χ0) is 25.4. The summed E-state index contributed by atoms with van der Waals surface area (Å²) in [6.07, 6.45) is 1.58. The summed E-state index contributed by atoms with van der Waals surface area (Å²) < 4.78 is 10.4. The fourth-order valence-electron chi connectivity index (χ4n) is 3.09. The quantitative estimate of drug-likeness (QED) is 0.317. The average molecular weight is 497 g/mol. The van der Waals surface area contributed by atoms with Gasteiger partial charge < -0.3 is 19.9 Å². The molecule has 2 heterocycles. The molecule has 0 fully saturated rings. The zero-order valence-electron chi connectivity index (χ0n) is 20.1. The summed E-state index contributed by atoms with van der Waals surface area (Å²) in [5.41, 5.74) is 2.65. The van der Waals surface area contributed by atoms with Crippen LogP contribution in [0.5, 0.6) is 0 Å². The Hall–Kier alpha value is -3.66. The fourth-order valence-corrected chi connectivity index (χ4v) is 4.22. The number of carbonyl (C=O) groups excluding carboxylic acids is 3. The van der Waals surface area contributed by atoms with E-state index in [1.807, 2.05) is 27.7 Å². The van der Waals surface area contributed by atoms with Crippen LogP contribution < -0.4 is 10.6 Å². The normalized spacial score (nSPS) is 10.8. The summed E-state index contributed by atoms with van der Waals surface area (Å²) >= 11 is 1.35. The number of para-hydroxylation sites is 1. The van der Waals surface area contributed by atoms with Gasteiger partial charge in [0.2, 0.25) is 0 Å². The number of benzene rings is 1. The van der Waals surface area contributed by atoms with Gasteiger partial charge in [-0.1, -0.05) is 31.1 Å². The summed E-state index contributed by atoms with van der Waals surface area (Å²) in [5.74, 6) is 0.00910. The van der Waals surface area contributed by atoms with Crippen molar-refractivity contribution in [3.8, 4) is 0 Å². The second-order valence-electron chi connectivity index (χ2n) is 8.22. The highest BCUT2D eigenvalue weighted by atomic mass is 32.2. The molecule has 10 heteroatoms. The molecule has 3 rings (SSSR count). The third-order valence-electron chi connectivity index (χ3n) is 4.98. The Morgan fingerprint density at radius 1 is 1.09 bits per heavy atom. The van der Waals surface area contributed by atoms with Crippen LogP contribution in [-0.2, 0) is 15.3 Å². The monoisotopic (exact) mass is 496 g/mol. The second kappa shape index (κ2) is 12.2. The number of rotatable bonds is 10. The third kappa shape index (κ3) is 7.16. The third-order valence-corrected chi connectivity index (χ3v) is 6.01. The van der Waals surface area contributed by atoms with Crippen molar-refractivity contribution in [3.63, 3.8) is 0 Å². The van der Waals surface area contributed by atoms with Crippen molar-refractivity contribution in [1.29, 1.82) is 0 Å². The minimum atomic E-state index is -0.669. The maximum absolute atomic E-state index is 12.7. The highest BCUT2D eigenvalue weighted by molar-refractivity contribution is 7.98. The van der Waals surface area contributed by atoms with Crippen molar-refractivity contribution < 1.29 is 23.6 Å². The number of thioether (sulfide) groups is 1. The molecule has 0 aliphatic rings. The summed E-state index contributed by atoms with van der Waals surface area (Å²) in [6.45, 7) is 7.67. The summed E-state index contributed by atoms with van der Waals surface area (Å²) in [5, 5.41) is 9.88. The van der Waals surface area contributed by atoms with Crippen molar-refractivity contribution in [2.24, 2.45) is 5.92 Å². The number of nitrogens with zero attached hydrogens (tertiary/aromatic N) is 2. The number of carbonyl (C=O) groups is 3. The largest absolute Gasteiger partial charge is 0.452 e. The van der Waals surface area contributed by atoms with E-state index in [0.29, 0.717) is 40.3 Å². The lowest BCUT2D eigenvalue weighted by Crippen LogP contribution is -2.29. The molecule has 0 atom stereocenters. The topological polar surface area (TPSA) is 123 Å². The van der Waals surface area contributed by atoms with Crippen molar-refractivity contribution in [1.82, 2.24) is 15.5 Å². The lowest BCUT2D eigenvalue weighted by molar-refractivity contribution is -0.119. The Bertz CT molecular complexity index is 1190. The molecule has 2 aromatic heterocycles. The highest BCUT2D eigenvalue weighted by Crippen LogP contribution is 2.27. The van der Waals surface area contributed by atoms with E-state index in [1.54, 1.807) is 42.6 Å². The van der Waals surface area contributed by atoms with Gasteiger partial charge in [0, 0.05) is 24.1 Å². The van der Waals surface area contributed by atoms with E-state index in [9.17, 15) is 14.4 Å². The number of ether oxygens (including phenoxy) is 1. The average Bonchev–Trinajstić information content (AvgIpc) is 3.17. The first kappa shape index (κ1) is 26.0. The van der Waals surface area contributed by atoms with Gasteiger partial charge in [-0.25, -0.2) is 9.78 Å². The molecule has 2 N–H and O–H groups in total. The molecule has 0 aliphatic heterocycles. The Labute approximate surface area is 208 Å². The molecule has 35 heavy (non-hydrogen) atoms. The van der Waals surface area contributed by atoms with Crippen LogP contribution in [0.3, 0.4) is 0 Å². The van der Waals surface area contributed by atoms with Crippen LogP contribution in [-0.4, -0.2) is 41.1 Å². The first-order chi connectivity index (χ1) is 16.8. The first-order valence-electron chi connectivity index (χ1n) is 11.1. The molecule has 0 saturated heterocycles. The number of hydrogen-bond acceptors (Lipinski definition) is 8. The Balaban J connectivity index is 1.60. The number of anilines is 1. The van der Waals surface area contributed by atoms with E-state index in [2.05, 4.69) is 20.8 Å². The number of nitrogens with one attached hydrogen (secondary N) is 2. The van der Waals surface area contributed by atoms with Crippen molar-refractivity contribution in [2.75, 3.05) is 18.5 Å². The maximum atomic E-state index is 12.7. The van der Waals surface area contributed by atoms with Gasteiger partial charge in [0.15, 0.2) is 6.61 Å². The number of amides is 2. The SMILES string of the molecule is Cc1noc(C)c1CSc1ncccc1C(=O)OCC(=O)Nc1ccccc1C(=O)NCC(C)C. The van der Waals surface area contributed by atoms with E-state index in [1.165, 1.54) is 11.8 Å². The van der Waals surface area contributed by atoms with Crippen LogP contribution in [0.25, 0.3) is 0 Å². The standard InChI is InChI=1S/C25H28N4O5S/c1-15(2)12-27-23(31)18-8-5-6-10-21(18)28-22(30)13-33-25(32)19-9-7-11-26-24(19)35-14-20-16(3)29-34-17(20)4/h5-11,15H,12-14H2,1-4H3,(H,27,31)(H,28,30). The first-order valence-corrected chi connectivity index (χ1v) is 12.1. The molecule has 0 aliphatic carbocycles. The molecule has 0 radical (unpaired) electrons. The smallest absolute Gasteiger partial charge is 0.341 e. The van der Waals surface area contributed by atoms with E-state index in [4.69, 9.17) is 9.26 Å². The zero-order valence-corrected chi connectivity index (χ0v) is 20.9. The Morgan fingerprint density at radius 3 is 2.54 bits per heavy atom. The van der Waals surface area contributed by atoms with Gasteiger partial charge in [0.25, 0.3) is 11.8 Å². The second-order valence-corrected chi connectivity index (χ2v) is 9.19. The van der Waals surface area contributed by atoms with Crippen molar-refractivity contribution in [2.45, 2.75) is 38.5 Å². The van der Waals surface area contributed by atoms with Gasteiger partial charge in [0.1, 0.15) is 10.8 Å². The molecule has 1 aromatic carbocycles. The molecule has 0 bridgehead atoms. The van der Waals surface area contributed by atoms with Crippen LogP contribution >= 0.6 is 11.8 Å². The number of pyridine rings is 1. The predicted molar refractivity (Wildman–Crippen MR) is 132 cm³/mol. The van der Waals surface area contributed by atoms with E-state index >= 15 is 0 Å². The number of aromatic nitrogens is 2. The maximum Gasteiger partial charge on any atom is 0.341 e. The molecule has 9 nitrogen and oxygen atoms in total. The molecule has 0 saturated carbocycles. The van der Waals surface area contributed by atoms with Crippen molar-refractivity contribution in [3.05, 3.63) is 70.7 Å². The Morgan fingerprint density at radius 2 is 1.83 bits per heavy atom.